The van der Waals surface area contributed by atoms with E-state index >= 15 is 0 Å². The van der Waals surface area contributed by atoms with E-state index < -0.39 is 0 Å². The predicted octanol–water partition coefficient (Wildman–Crippen LogP) is 3.48. The average Bonchev–Trinajstić information content (AvgIpc) is 2.78. The molecule has 0 aromatic heterocycles. The Bertz CT molecular complexity index is 636. The van der Waals surface area contributed by atoms with Crippen LogP contribution in [-0.2, 0) is 6.42 Å². The van der Waals surface area contributed by atoms with Crippen molar-refractivity contribution < 1.29 is 4.79 Å². The van der Waals surface area contributed by atoms with Crippen molar-refractivity contribution in [3.05, 3.63) is 65.7 Å². The van der Waals surface area contributed by atoms with E-state index in [2.05, 4.69) is 5.32 Å². The molecule has 2 aromatic carbocycles. The SMILES string of the molecule is O=C1c2ccccc2CC1C(=S)Nc1ccccc1. The Morgan fingerprint density at radius 2 is 1.74 bits per heavy atom. The van der Waals surface area contributed by atoms with Crippen LogP contribution in [0.2, 0.25) is 0 Å². The molecule has 1 unspecified atom stereocenters. The molecular weight excluding hydrogens is 254 g/mol. The number of hydrogen-bond donors (Lipinski definition) is 1. The normalized spacial score (nSPS) is 17.1. The van der Waals surface area contributed by atoms with E-state index in [4.69, 9.17) is 12.2 Å². The van der Waals surface area contributed by atoms with Gasteiger partial charge in [0.15, 0.2) is 5.78 Å². The van der Waals surface area contributed by atoms with Gasteiger partial charge in [0.1, 0.15) is 0 Å². The molecule has 1 atom stereocenters. The van der Waals surface area contributed by atoms with Crippen molar-refractivity contribution in [2.24, 2.45) is 5.92 Å². The summed E-state index contributed by atoms with van der Waals surface area (Å²) in [5.41, 5.74) is 2.83. The second-order valence-corrected chi connectivity index (χ2v) is 5.07. The van der Waals surface area contributed by atoms with Crippen molar-refractivity contribution in [2.75, 3.05) is 5.32 Å². The van der Waals surface area contributed by atoms with Gasteiger partial charge in [0.2, 0.25) is 0 Å². The fourth-order valence-corrected chi connectivity index (χ4v) is 2.71. The number of carbonyl (C=O) groups excluding carboxylic acids is 1. The molecule has 3 heteroatoms. The molecule has 0 bridgehead atoms. The highest BCUT2D eigenvalue weighted by Crippen LogP contribution is 2.28. The minimum absolute atomic E-state index is 0.129. The molecule has 19 heavy (non-hydrogen) atoms. The quantitative estimate of drug-likeness (QED) is 0.845. The fraction of sp³-hybridized carbons (Fsp3) is 0.125. The summed E-state index contributed by atoms with van der Waals surface area (Å²) < 4.78 is 0. The zero-order valence-corrected chi connectivity index (χ0v) is 11.1. The maximum absolute atomic E-state index is 12.3. The van der Waals surface area contributed by atoms with Gasteiger partial charge in [-0.15, -0.1) is 0 Å². The highest BCUT2D eigenvalue weighted by molar-refractivity contribution is 7.80. The molecule has 0 saturated heterocycles. The number of rotatable bonds is 2. The molecule has 0 heterocycles. The first-order chi connectivity index (χ1) is 9.25. The van der Waals surface area contributed by atoms with Crippen LogP contribution in [0.3, 0.4) is 0 Å². The molecule has 3 rings (SSSR count). The Morgan fingerprint density at radius 1 is 1.05 bits per heavy atom. The Balaban J connectivity index is 1.79. The molecule has 1 N–H and O–H groups in total. The van der Waals surface area contributed by atoms with Gasteiger partial charge in [-0.1, -0.05) is 54.7 Å². The molecule has 0 amide bonds. The van der Waals surface area contributed by atoms with Gasteiger partial charge in [0.25, 0.3) is 0 Å². The van der Waals surface area contributed by atoms with E-state index in [0.29, 0.717) is 11.4 Å². The maximum atomic E-state index is 12.3. The van der Waals surface area contributed by atoms with Crippen LogP contribution in [0.25, 0.3) is 0 Å². The number of fused-ring (bicyclic) bond motifs is 1. The third kappa shape index (κ3) is 2.29. The topological polar surface area (TPSA) is 29.1 Å². The Morgan fingerprint density at radius 3 is 2.47 bits per heavy atom. The highest BCUT2D eigenvalue weighted by atomic mass is 32.1. The largest absolute Gasteiger partial charge is 0.349 e. The maximum Gasteiger partial charge on any atom is 0.173 e. The number of carbonyl (C=O) groups is 1. The molecule has 0 aliphatic heterocycles. The summed E-state index contributed by atoms with van der Waals surface area (Å²) in [7, 11) is 0. The summed E-state index contributed by atoms with van der Waals surface area (Å²) in [6.07, 6.45) is 0.702. The van der Waals surface area contributed by atoms with Crippen LogP contribution in [-0.4, -0.2) is 10.8 Å². The monoisotopic (exact) mass is 267 g/mol. The molecule has 0 fully saturated rings. The molecule has 0 spiro atoms. The average molecular weight is 267 g/mol. The van der Waals surface area contributed by atoms with E-state index in [0.717, 1.165) is 16.8 Å². The molecular formula is C16H13NOS. The summed E-state index contributed by atoms with van der Waals surface area (Å²) in [5.74, 6) is -0.100. The van der Waals surface area contributed by atoms with Crippen molar-refractivity contribution in [1.29, 1.82) is 0 Å². The Hall–Kier alpha value is -2.00. The van der Waals surface area contributed by atoms with Crippen molar-refractivity contribution in [3.63, 3.8) is 0 Å². The number of benzene rings is 2. The molecule has 1 aliphatic rings. The standard InChI is InChI=1S/C16H13NOS/c18-15-13-9-5-4-6-11(13)10-14(15)16(19)17-12-7-2-1-3-8-12/h1-9,14H,10H2,(H,17,19). The number of anilines is 1. The molecule has 2 nitrogen and oxygen atoms in total. The van der Waals surface area contributed by atoms with Gasteiger partial charge < -0.3 is 5.32 Å². The number of Topliss-reactive ketones (excluding diaryl/α,β-unsaturated/α-hetero) is 1. The van der Waals surface area contributed by atoms with Gasteiger partial charge in [0, 0.05) is 11.3 Å². The van der Waals surface area contributed by atoms with Crippen molar-refractivity contribution >= 4 is 28.7 Å². The van der Waals surface area contributed by atoms with Gasteiger partial charge >= 0.3 is 0 Å². The zero-order chi connectivity index (χ0) is 13.2. The second kappa shape index (κ2) is 4.94. The summed E-state index contributed by atoms with van der Waals surface area (Å²) in [5, 5.41) is 3.16. The lowest BCUT2D eigenvalue weighted by atomic mass is 10.1. The molecule has 94 valence electrons. The van der Waals surface area contributed by atoms with E-state index in [9.17, 15) is 4.79 Å². The van der Waals surface area contributed by atoms with Crippen LogP contribution in [0.1, 0.15) is 15.9 Å². The first-order valence-corrected chi connectivity index (χ1v) is 6.64. The van der Waals surface area contributed by atoms with Crippen LogP contribution in [0, 0.1) is 5.92 Å². The van der Waals surface area contributed by atoms with Gasteiger partial charge in [-0.3, -0.25) is 4.79 Å². The first kappa shape index (κ1) is 12.1. The van der Waals surface area contributed by atoms with Gasteiger partial charge in [-0.2, -0.15) is 0 Å². The summed E-state index contributed by atoms with van der Waals surface area (Å²) in [4.78, 5) is 12.9. The lowest BCUT2D eigenvalue weighted by Gasteiger charge is -2.12. The summed E-state index contributed by atoms with van der Waals surface area (Å²) >= 11 is 5.39. The first-order valence-electron chi connectivity index (χ1n) is 6.24. The minimum Gasteiger partial charge on any atom is -0.349 e. The second-order valence-electron chi connectivity index (χ2n) is 4.63. The number of nitrogens with one attached hydrogen (secondary N) is 1. The smallest absolute Gasteiger partial charge is 0.173 e. The van der Waals surface area contributed by atoms with Crippen LogP contribution in [0.5, 0.6) is 0 Å². The van der Waals surface area contributed by atoms with Gasteiger partial charge in [-0.05, 0) is 24.1 Å². The van der Waals surface area contributed by atoms with E-state index in [1.165, 1.54) is 0 Å². The molecule has 0 radical (unpaired) electrons. The fourth-order valence-electron chi connectivity index (χ4n) is 2.40. The van der Waals surface area contributed by atoms with Crippen molar-refractivity contribution in [3.8, 4) is 0 Å². The number of ketones is 1. The molecule has 2 aromatic rings. The molecule has 1 aliphatic carbocycles. The molecule has 0 saturated carbocycles. The third-order valence-corrected chi connectivity index (χ3v) is 3.77. The van der Waals surface area contributed by atoms with Crippen LogP contribution >= 0.6 is 12.2 Å². The third-order valence-electron chi connectivity index (χ3n) is 3.38. The summed E-state index contributed by atoms with van der Waals surface area (Å²) in [6.45, 7) is 0. The van der Waals surface area contributed by atoms with Crippen molar-refractivity contribution in [2.45, 2.75) is 6.42 Å². The lowest BCUT2D eigenvalue weighted by Crippen LogP contribution is -2.25. The van der Waals surface area contributed by atoms with E-state index in [1.807, 2.05) is 54.6 Å². The number of para-hydroxylation sites is 1. The number of hydrogen-bond acceptors (Lipinski definition) is 2. The van der Waals surface area contributed by atoms with Crippen LogP contribution < -0.4 is 5.32 Å². The zero-order valence-electron chi connectivity index (χ0n) is 10.3. The van der Waals surface area contributed by atoms with E-state index in [-0.39, 0.29) is 11.7 Å². The van der Waals surface area contributed by atoms with Crippen LogP contribution in [0.4, 0.5) is 5.69 Å². The van der Waals surface area contributed by atoms with Crippen LogP contribution in [0.15, 0.2) is 54.6 Å². The van der Waals surface area contributed by atoms with Crippen molar-refractivity contribution in [1.82, 2.24) is 0 Å². The highest BCUT2D eigenvalue weighted by Gasteiger charge is 2.33. The van der Waals surface area contributed by atoms with Gasteiger partial charge in [0.05, 0.1) is 10.9 Å². The Labute approximate surface area is 117 Å². The minimum atomic E-state index is -0.229. The lowest BCUT2D eigenvalue weighted by molar-refractivity contribution is 0.0969. The number of thiocarbonyl (C=S) groups is 1. The summed E-state index contributed by atoms with van der Waals surface area (Å²) in [6, 6.07) is 17.4. The van der Waals surface area contributed by atoms with Gasteiger partial charge in [-0.25, -0.2) is 0 Å². The predicted molar refractivity (Wildman–Crippen MR) is 80.6 cm³/mol. The Kier molecular flexibility index (Phi) is 3.13. The van der Waals surface area contributed by atoms with E-state index in [1.54, 1.807) is 0 Å².